The van der Waals surface area contributed by atoms with Crippen LogP contribution in [-0.4, -0.2) is 33.2 Å². The van der Waals surface area contributed by atoms with Crippen LogP contribution in [0.2, 0.25) is 0 Å². The van der Waals surface area contributed by atoms with Gasteiger partial charge in [0, 0.05) is 11.8 Å². The fourth-order valence-corrected chi connectivity index (χ4v) is 1.39. The normalized spacial score (nSPS) is 12.3. The van der Waals surface area contributed by atoms with Crippen molar-refractivity contribution in [3.05, 3.63) is 29.6 Å². The molecule has 1 atom stereocenters. The fourth-order valence-electron chi connectivity index (χ4n) is 1.39. The average molecular weight is 265 g/mol. The lowest BCUT2D eigenvalue weighted by molar-refractivity contribution is -0.145. The molecular formula is C13H15NO5. The number of rotatable bonds is 6. The number of ether oxygens (including phenoxy) is 1. The van der Waals surface area contributed by atoms with E-state index in [0.29, 0.717) is 17.8 Å². The molecule has 0 radical (unpaired) electrons. The molecule has 0 aliphatic heterocycles. The zero-order valence-corrected chi connectivity index (χ0v) is 10.7. The van der Waals surface area contributed by atoms with Crippen molar-refractivity contribution < 1.29 is 24.5 Å². The Kier molecular flexibility index (Phi) is 5.05. The average Bonchev–Trinajstić information content (AvgIpc) is 2.34. The molecule has 1 heterocycles. The van der Waals surface area contributed by atoms with E-state index in [-0.39, 0.29) is 5.75 Å². The van der Waals surface area contributed by atoms with Crippen LogP contribution in [0, 0.1) is 6.92 Å². The number of aromatic nitrogens is 1. The van der Waals surface area contributed by atoms with E-state index >= 15 is 0 Å². The molecule has 2 N–H and O–H groups in total. The first kappa shape index (κ1) is 14.7. The smallest absolute Gasteiger partial charge is 0.344 e. The largest absolute Gasteiger partial charge is 0.479 e. The predicted octanol–water partition coefficient (Wildman–Crippen LogP) is 1.73. The van der Waals surface area contributed by atoms with Gasteiger partial charge in [-0.1, -0.05) is 6.92 Å². The molecule has 19 heavy (non-hydrogen) atoms. The number of pyridine rings is 1. The van der Waals surface area contributed by atoms with Gasteiger partial charge in [0.25, 0.3) is 0 Å². The quantitative estimate of drug-likeness (QED) is 0.760. The van der Waals surface area contributed by atoms with E-state index in [4.69, 9.17) is 14.9 Å². The Morgan fingerprint density at radius 1 is 1.42 bits per heavy atom. The molecule has 1 aromatic heterocycles. The zero-order valence-electron chi connectivity index (χ0n) is 10.7. The molecule has 6 nitrogen and oxygen atoms in total. The number of carbonyl (C=O) groups is 2. The number of hydrogen-bond donors (Lipinski definition) is 2. The highest BCUT2D eigenvalue weighted by atomic mass is 16.5. The third-order valence-electron chi connectivity index (χ3n) is 2.32. The van der Waals surface area contributed by atoms with Gasteiger partial charge in [0.1, 0.15) is 11.4 Å². The van der Waals surface area contributed by atoms with E-state index < -0.39 is 18.0 Å². The predicted molar refractivity (Wildman–Crippen MR) is 68.0 cm³/mol. The monoisotopic (exact) mass is 265 g/mol. The molecule has 0 aliphatic rings. The molecule has 0 bridgehead atoms. The molecule has 0 aliphatic carbocycles. The zero-order chi connectivity index (χ0) is 14.4. The van der Waals surface area contributed by atoms with Crippen molar-refractivity contribution >= 4 is 18.0 Å². The molecule has 0 fully saturated rings. The number of aliphatic carboxylic acids is 2. The third-order valence-corrected chi connectivity index (χ3v) is 2.32. The van der Waals surface area contributed by atoms with Crippen molar-refractivity contribution in [1.82, 2.24) is 4.98 Å². The van der Waals surface area contributed by atoms with Crippen molar-refractivity contribution in [2.24, 2.45) is 0 Å². The van der Waals surface area contributed by atoms with Crippen LogP contribution in [0.1, 0.15) is 24.7 Å². The highest BCUT2D eigenvalue weighted by Gasteiger charge is 2.18. The van der Waals surface area contributed by atoms with E-state index in [1.165, 1.54) is 6.08 Å². The lowest BCUT2D eigenvalue weighted by atomic mass is 10.2. The molecular weight excluding hydrogens is 250 g/mol. The SMILES string of the molecule is CCC(Oc1ccc(C)nc1C=CC(=O)O)C(=O)O. The molecule has 0 amide bonds. The Morgan fingerprint density at radius 3 is 2.63 bits per heavy atom. The summed E-state index contributed by atoms with van der Waals surface area (Å²) < 4.78 is 5.34. The molecule has 0 saturated heterocycles. The highest BCUT2D eigenvalue weighted by molar-refractivity contribution is 5.85. The minimum Gasteiger partial charge on any atom is -0.479 e. The van der Waals surface area contributed by atoms with Gasteiger partial charge in [0.2, 0.25) is 0 Å². The molecule has 1 aromatic rings. The van der Waals surface area contributed by atoms with Gasteiger partial charge in [-0.2, -0.15) is 0 Å². The Labute approximate surface area is 110 Å². The van der Waals surface area contributed by atoms with E-state index in [1.807, 2.05) is 0 Å². The first-order valence-corrected chi connectivity index (χ1v) is 5.72. The van der Waals surface area contributed by atoms with Gasteiger partial charge in [0.15, 0.2) is 6.10 Å². The molecule has 0 spiro atoms. The van der Waals surface area contributed by atoms with Crippen LogP contribution in [0.15, 0.2) is 18.2 Å². The van der Waals surface area contributed by atoms with Crippen LogP contribution in [0.25, 0.3) is 6.08 Å². The summed E-state index contributed by atoms with van der Waals surface area (Å²) in [6, 6.07) is 3.25. The third kappa shape index (κ3) is 4.42. The van der Waals surface area contributed by atoms with Gasteiger partial charge >= 0.3 is 11.9 Å². The van der Waals surface area contributed by atoms with Crippen LogP contribution < -0.4 is 4.74 Å². The number of aryl methyl sites for hydroxylation is 1. The van der Waals surface area contributed by atoms with Crippen molar-refractivity contribution in [3.63, 3.8) is 0 Å². The van der Waals surface area contributed by atoms with Crippen molar-refractivity contribution in [3.8, 4) is 5.75 Å². The standard InChI is InChI=1S/C13H15NO5/c1-3-10(13(17)18)19-11-6-4-8(2)14-9(11)5-7-12(15)16/h4-7,10H,3H2,1-2H3,(H,15,16)(H,17,18). The van der Waals surface area contributed by atoms with Crippen LogP contribution in [-0.2, 0) is 9.59 Å². The summed E-state index contributed by atoms with van der Waals surface area (Å²) in [6.07, 6.45) is 1.52. The topological polar surface area (TPSA) is 96.7 Å². The van der Waals surface area contributed by atoms with Gasteiger partial charge in [-0.3, -0.25) is 0 Å². The minimum absolute atomic E-state index is 0.248. The van der Waals surface area contributed by atoms with E-state index in [2.05, 4.69) is 4.98 Å². The van der Waals surface area contributed by atoms with Crippen LogP contribution in [0.3, 0.4) is 0 Å². The second-order valence-corrected chi connectivity index (χ2v) is 3.86. The molecule has 1 unspecified atom stereocenters. The Morgan fingerprint density at radius 2 is 2.11 bits per heavy atom. The van der Waals surface area contributed by atoms with E-state index in [1.54, 1.807) is 26.0 Å². The van der Waals surface area contributed by atoms with Crippen LogP contribution in [0.4, 0.5) is 0 Å². The Balaban J connectivity index is 3.05. The first-order chi connectivity index (χ1) is 8.93. The van der Waals surface area contributed by atoms with Crippen LogP contribution in [0.5, 0.6) is 5.75 Å². The second-order valence-electron chi connectivity index (χ2n) is 3.86. The summed E-state index contributed by atoms with van der Waals surface area (Å²) in [5, 5.41) is 17.5. The Hall–Kier alpha value is -2.37. The van der Waals surface area contributed by atoms with Gasteiger partial charge < -0.3 is 14.9 Å². The molecule has 0 saturated carbocycles. The lowest BCUT2D eigenvalue weighted by Crippen LogP contribution is -2.26. The van der Waals surface area contributed by atoms with Gasteiger partial charge in [-0.05, 0) is 31.6 Å². The number of carboxylic acid groups (broad SMARTS) is 2. The summed E-state index contributed by atoms with van der Waals surface area (Å²) in [7, 11) is 0. The van der Waals surface area contributed by atoms with Crippen molar-refractivity contribution in [2.45, 2.75) is 26.4 Å². The minimum atomic E-state index is -1.11. The summed E-state index contributed by atoms with van der Waals surface area (Å²) >= 11 is 0. The van der Waals surface area contributed by atoms with Crippen molar-refractivity contribution in [1.29, 1.82) is 0 Å². The van der Waals surface area contributed by atoms with Gasteiger partial charge in [0.05, 0.1) is 0 Å². The van der Waals surface area contributed by atoms with E-state index in [9.17, 15) is 9.59 Å². The summed E-state index contributed by atoms with van der Waals surface area (Å²) in [5.41, 5.74) is 0.975. The second kappa shape index (κ2) is 6.53. The Bertz CT molecular complexity index is 510. The molecule has 6 heteroatoms. The first-order valence-electron chi connectivity index (χ1n) is 5.72. The number of carboxylic acids is 2. The fraction of sp³-hybridized carbons (Fsp3) is 0.308. The summed E-state index contributed by atoms with van der Waals surface area (Å²) in [5.74, 6) is -1.94. The van der Waals surface area contributed by atoms with Gasteiger partial charge in [-0.25, -0.2) is 14.6 Å². The maximum atomic E-state index is 10.9. The van der Waals surface area contributed by atoms with Gasteiger partial charge in [-0.15, -0.1) is 0 Å². The van der Waals surface area contributed by atoms with Crippen molar-refractivity contribution in [2.75, 3.05) is 0 Å². The number of hydrogen-bond acceptors (Lipinski definition) is 4. The molecule has 0 aromatic carbocycles. The summed E-state index contributed by atoms with van der Waals surface area (Å²) in [4.78, 5) is 25.6. The highest BCUT2D eigenvalue weighted by Crippen LogP contribution is 2.20. The number of nitrogens with zero attached hydrogens (tertiary/aromatic N) is 1. The summed E-state index contributed by atoms with van der Waals surface area (Å²) in [6.45, 7) is 3.43. The molecule has 1 rings (SSSR count). The van der Waals surface area contributed by atoms with Crippen LogP contribution >= 0.6 is 0 Å². The maximum absolute atomic E-state index is 10.9. The lowest BCUT2D eigenvalue weighted by Gasteiger charge is -2.14. The van der Waals surface area contributed by atoms with E-state index in [0.717, 1.165) is 6.08 Å². The molecule has 102 valence electrons. The maximum Gasteiger partial charge on any atom is 0.344 e.